The maximum absolute atomic E-state index is 11.6. The van der Waals surface area contributed by atoms with Gasteiger partial charge in [0.1, 0.15) is 0 Å². The highest BCUT2D eigenvalue weighted by Gasteiger charge is 2.29. The van der Waals surface area contributed by atoms with Crippen LogP contribution in [0.1, 0.15) is 25.5 Å². The summed E-state index contributed by atoms with van der Waals surface area (Å²) < 4.78 is 24.2. The van der Waals surface area contributed by atoms with Crippen molar-refractivity contribution in [2.75, 3.05) is 23.0 Å². The standard InChI is InChI=1S/C13H18BrNO3S/c1-9-8-19(17,18)6-5-15(9)13-4-3-11(14)7-12(13)10(2)16/h3-4,7,9-10,16H,5-6,8H2,1-2H3. The summed E-state index contributed by atoms with van der Waals surface area (Å²) in [4.78, 5) is 2.07. The van der Waals surface area contributed by atoms with Gasteiger partial charge in [0.15, 0.2) is 9.84 Å². The number of aliphatic hydroxyl groups excluding tert-OH is 1. The fourth-order valence-corrected chi connectivity index (χ4v) is 4.41. The molecular formula is C13H18BrNO3S. The van der Waals surface area contributed by atoms with Crippen molar-refractivity contribution < 1.29 is 13.5 Å². The lowest BCUT2D eigenvalue weighted by Gasteiger charge is -2.36. The van der Waals surface area contributed by atoms with Gasteiger partial charge in [0, 0.05) is 28.3 Å². The summed E-state index contributed by atoms with van der Waals surface area (Å²) in [5.74, 6) is 0.342. The summed E-state index contributed by atoms with van der Waals surface area (Å²) in [6.45, 7) is 4.10. The molecule has 19 heavy (non-hydrogen) atoms. The Hall–Kier alpha value is -0.590. The van der Waals surface area contributed by atoms with Crippen LogP contribution in [-0.2, 0) is 9.84 Å². The van der Waals surface area contributed by atoms with Crippen LogP contribution in [0.3, 0.4) is 0 Å². The highest BCUT2D eigenvalue weighted by atomic mass is 79.9. The molecule has 0 bridgehead atoms. The number of rotatable bonds is 2. The van der Waals surface area contributed by atoms with Gasteiger partial charge in [0.2, 0.25) is 0 Å². The van der Waals surface area contributed by atoms with E-state index in [2.05, 4.69) is 20.8 Å². The molecule has 1 aliphatic rings. The van der Waals surface area contributed by atoms with Crippen molar-refractivity contribution in [1.29, 1.82) is 0 Å². The van der Waals surface area contributed by atoms with Crippen LogP contribution in [0.25, 0.3) is 0 Å². The van der Waals surface area contributed by atoms with Gasteiger partial charge in [-0.25, -0.2) is 8.42 Å². The lowest BCUT2D eigenvalue weighted by Crippen LogP contribution is -2.47. The maximum Gasteiger partial charge on any atom is 0.154 e. The average molecular weight is 348 g/mol. The molecule has 2 atom stereocenters. The molecular weight excluding hydrogens is 330 g/mol. The van der Waals surface area contributed by atoms with E-state index in [-0.39, 0.29) is 17.5 Å². The van der Waals surface area contributed by atoms with E-state index in [1.807, 2.05) is 25.1 Å². The van der Waals surface area contributed by atoms with Gasteiger partial charge in [0.05, 0.1) is 17.6 Å². The number of benzene rings is 1. The van der Waals surface area contributed by atoms with E-state index in [1.54, 1.807) is 6.92 Å². The predicted molar refractivity (Wildman–Crippen MR) is 80.2 cm³/mol. The van der Waals surface area contributed by atoms with Crippen LogP contribution >= 0.6 is 15.9 Å². The Morgan fingerprint density at radius 1 is 1.47 bits per heavy atom. The Bertz CT molecular complexity index is 571. The van der Waals surface area contributed by atoms with Crippen LogP contribution in [-0.4, -0.2) is 37.6 Å². The van der Waals surface area contributed by atoms with Crippen LogP contribution in [0.2, 0.25) is 0 Å². The van der Waals surface area contributed by atoms with Gasteiger partial charge in [0.25, 0.3) is 0 Å². The largest absolute Gasteiger partial charge is 0.389 e. The van der Waals surface area contributed by atoms with Crippen LogP contribution in [0.4, 0.5) is 5.69 Å². The van der Waals surface area contributed by atoms with Crippen LogP contribution in [0.15, 0.2) is 22.7 Å². The first-order valence-corrected chi connectivity index (χ1v) is 8.86. The van der Waals surface area contributed by atoms with Gasteiger partial charge in [-0.05, 0) is 32.0 Å². The van der Waals surface area contributed by atoms with Gasteiger partial charge in [-0.15, -0.1) is 0 Å². The molecule has 0 saturated carbocycles. The van der Waals surface area contributed by atoms with Crippen LogP contribution in [0.5, 0.6) is 0 Å². The van der Waals surface area contributed by atoms with Crippen LogP contribution < -0.4 is 4.90 Å². The number of aliphatic hydroxyl groups is 1. The summed E-state index contributed by atoms with van der Waals surface area (Å²) in [6, 6.07) is 5.66. The third-order valence-corrected chi connectivity index (χ3v) is 5.71. The SMILES string of the molecule is CC(O)c1cc(Br)ccc1N1CCS(=O)(=O)CC1C. The molecule has 1 aromatic carbocycles. The van der Waals surface area contributed by atoms with Crippen molar-refractivity contribution in [2.24, 2.45) is 0 Å². The summed E-state index contributed by atoms with van der Waals surface area (Å²) in [5, 5.41) is 9.88. The fourth-order valence-electron chi connectivity index (χ4n) is 2.48. The molecule has 0 aliphatic carbocycles. The molecule has 1 fully saturated rings. The molecule has 4 nitrogen and oxygen atoms in total. The van der Waals surface area contributed by atoms with E-state index in [1.165, 1.54) is 0 Å². The van der Waals surface area contributed by atoms with Crippen molar-refractivity contribution in [3.63, 3.8) is 0 Å². The monoisotopic (exact) mass is 347 g/mol. The molecule has 0 spiro atoms. The van der Waals surface area contributed by atoms with E-state index in [0.29, 0.717) is 6.54 Å². The van der Waals surface area contributed by atoms with Crippen molar-refractivity contribution in [2.45, 2.75) is 26.0 Å². The third-order valence-electron chi connectivity index (χ3n) is 3.42. The van der Waals surface area contributed by atoms with E-state index >= 15 is 0 Å². The molecule has 1 aromatic rings. The van der Waals surface area contributed by atoms with Crippen molar-refractivity contribution in [3.05, 3.63) is 28.2 Å². The zero-order valence-electron chi connectivity index (χ0n) is 11.0. The smallest absolute Gasteiger partial charge is 0.154 e. The van der Waals surface area contributed by atoms with E-state index < -0.39 is 15.9 Å². The first-order valence-electron chi connectivity index (χ1n) is 6.25. The van der Waals surface area contributed by atoms with Crippen molar-refractivity contribution in [1.82, 2.24) is 0 Å². The highest BCUT2D eigenvalue weighted by molar-refractivity contribution is 9.10. The highest BCUT2D eigenvalue weighted by Crippen LogP contribution is 2.32. The Balaban J connectivity index is 2.37. The van der Waals surface area contributed by atoms with Gasteiger partial charge < -0.3 is 10.0 Å². The molecule has 0 radical (unpaired) electrons. The van der Waals surface area contributed by atoms with E-state index in [9.17, 15) is 13.5 Å². The lowest BCUT2D eigenvalue weighted by molar-refractivity contribution is 0.199. The molecule has 1 heterocycles. The predicted octanol–water partition coefficient (Wildman–Crippen LogP) is 2.13. The Morgan fingerprint density at radius 3 is 2.74 bits per heavy atom. The molecule has 0 aromatic heterocycles. The number of anilines is 1. The molecule has 1 saturated heterocycles. The second kappa shape index (κ2) is 5.42. The zero-order valence-corrected chi connectivity index (χ0v) is 13.4. The zero-order chi connectivity index (χ0) is 14.2. The lowest BCUT2D eigenvalue weighted by atomic mass is 10.1. The molecule has 2 unspecified atom stereocenters. The Morgan fingerprint density at radius 2 is 2.16 bits per heavy atom. The molecule has 2 rings (SSSR count). The summed E-state index contributed by atoms with van der Waals surface area (Å²) >= 11 is 3.40. The number of sulfone groups is 1. The minimum Gasteiger partial charge on any atom is -0.389 e. The van der Waals surface area contributed by atoms with Crippen LogP contribution in [0, 0.1) is 0 Å². The van der Waals surface area contributed by atoms with Crippen molar-refractivity contribution >= 4 is 31.5 Å². The Labute approximate surface area is 122 Å². The number of hydrogen-bond acceptors (Lipinski definition) is 4. The molecule has 0 amide bonds. The number of nitrogens with zero attached hydrogens (tertiary/aromatic N) is 1. The summed E-state index contributed by atoms with van der Waals surface area (Å²) in [7, 11) is -2.93. The number of hydrogen-bond donors (Lipinski definition) is 1. The normalized spacial score (nSPS) is 24.2. The summed E-state index contributed by atoms with van der Waals surface area (Å²) in [6.07, 6.45) is -0.585. The molecule has 1 aliphatic heterocycles. The van der Waals surface area contributed by atoms with Gasteiger partial charge in [-0.2, -0.15) is 0 Å². The second-order valence-corrected chi connectivity index (χ2v) is 8.18. The third kappa shape index (κ3) is 3.30. The molecule has 1 N–H and O–H groups in total. The second-order valence-electron chi connectivity index (χ2n) is 5.04. The first-order chi connectivity index (χ1) is 8.80. The van der Waals surface area contributed by atoms with E-state index in [4.69, 9.17) is 0 Å². The topological polar surface area (TPSA) is 57.6 Å². The number of halogens is 1. The summed E-state index contributed by atoms with van der Waals surface area (Å²) in [5.41, 5.74) is 1.74. The maximum atomic E-state index is 11.6. The Kier molecular flexibility index (Phi) is 4.23. The molecule has 106 valence electrons. The average Bonchev–Trinajstić information content (AvgIpc) is 2.28. The fraction of sp³-hybridized carbons (Fsp3) is 0.538. The van der Waals surface area contributed by atoms with Gasteiger partial charge in [-0.3, -0.25) is 0 Å². The molecule has 6 heteroatoms. The van der Waals surface area contributed by atoms with Gasteiger partial charge in [-0.1, -0.05) is 15.9 Å². The minimum absolute atomic E-state index is 0.0718. The van der Waals surface area contributed by atoms with Crippen molar-refractivity contribution in [3.8, 4) is 0 Å². The minimum atomic E-state index is -2.93. The quantitative estimate of drug-likeness (QED) is 0.890. The van der Waals surface area contributed by atoms with E-state index in [0.717, 1.165) is 15.7 Å². The first kappa shape index (κ1) is 14.8. The van der Waals surface area contributed by atoms with Gasteiger partial charge >= 0.3 is 0 Å².